The lowest BCUT2D eigenvalue weighted by Crippen LogP contribution is -2.36. The van der Waals surface area contributed by atoms with Crippen molar-refractivity contribution < 1.29 is 9.59 Å². The van der Waals surface area contributed by atoms with E-state index in [1.807, 2.05) is 35.3 Å². The van der Waals surface area contributed by atoms with Gasteiger partial charge in [-0.1, -0.05) is 12.5 Å². The molecule has 2 aliphatic heterocycles. The first-order valence-electron chi connectivity index (χ1n) is 9.04. The highest BCUT2D eigenvalue weighted by atomic mass is 32.2. The van der Waals surface area contributed by atoms with Crippen LogP contribution in [0.3, 0.4) is 0 Å². The molecule has 0 aliphatic carbocycles. The molecule has 0 bridgehead atoms. The first-order valence-corrected chi connectivity index (χ1v) is 11.0. The SMILES string of the molecule is O=C(CCCC[C@@H]1SC[C@@H]2NC(=O)N[C@H]21)Nc1nc(-c2ccccn2)cs1. The number of carbonyl (C=O) groups excluding carboxylic acids is 2. The third-order valence-corrected chi connectivity index (χ3v) is 7.02. The third-order valence-electron chi connectivity index (χ3n) is 4.76. The van der Waals surface area contributed by atoms with E-state index >= 15 is 0 Å². The zero-order chi connectivity index (χ0) is 18.6. The Morgan fingerprint density at radius 3 is 3.04 bits per heavy atom. The number of thiazole rings is 1. The van der Waals surface area contributed by atoms with Crippen molar-refractivity contribution in [3.8, 4) is 11.4 Å². The lowest BCUT2D eigenvalue weighted by atomic mass is 10.0. The number of anilines is 1. The number of hydrogen-bond acceptors (Lipinski definition) is 6. The molecule has 9 heteroatoms. The largest absolute Gasteiger partial charge is 0.332 e. The van der Waals surface area contributed by atoms with Crippen LogP contribution in [0, 0.1) is 0 Å². The number of pyridine rings is 1. The number of amides is 3. The van der Waals surface area contributed by atoms with Gasteiger partial charge >= 0.3 is 6.03 Å². The van der Waals surface area contributed by atoms with Crippen molar-refractivity contribution in [2.45, 2.75) is 43.0 Å². The highest BCUT2D eigenvalue weighted by Gasteiger charge is 2.42. The zero-order valence-corrected chi connectivity index (χ0v) is 16.3. The molecule has 0 saturated carbocycles. The smallest absolute Gasteiger partial charge is 0.315 e. The van der Waals surface area contributed by atoms with E-state index in [-0.39, 0.29) is 24.0 Å². The molecule has 2 aliphatic rings. The van der Waals surface area contributed by atoms with Crippen molar-refractivity contribution in [1.82, 2.24) is 20.6 Å². The topological polar surface area (TPSA) is 96.0 Å². The summed E-state index contributed by atoms with van der Waals surface area (Å²) >= 11 is 3.32. The lowest BCUT2D eigenvalue weighted by molar-refractivity contribution is -0.116. The van der Waals surface area contributed by atoms with Crippen LogP contribution in [0.2, 0.25) is 0 Å². The maximum Gasteiger partial charge on any atom is 0.315 e. The van der Waals surface area contributed by atoms with Crippen LogP contribution in [0.4, 0.5) is 9.93 Å². The molecule has 2 aromatic heterocycles. The van der Waals surface area contributed by atoms with E-state index in [0.717, 1.165) is 36.4 Å². The molecule has 3 atom stereocenters. The zero-order valence-electron chi connectivity index (χ0n) is 14.7. The van der Waals surface area contributed by atoms with Crippen molar-refractivity contribution in [3.63, 3.8) is 0 Å². The molecule has 142 valence electrons. The number of unbranched alkanes of at least 4 members (excludes halogenated alkanes) is 1. The fourth-order valence-corrected chi connectivity index (χ4v) is 5.68. The second-order valence-electron chi connectivity index (χ2n) is 6.67. The average molecular weight is 404 g/mol. The summed E-state index contributed by atoms with van der Waals surface area (Å²) in [6.45, 7) is 0. The monoisotopic (exact) mass is 403 g/mol. The Morgan fingerprint density at radius 1 is 1.26 bits per heavy atom. The van der Waals surface area contributed by atoms with Gasteiger partial charge in [0.15, 0.2) is 5.13 Å². The van der Waals surface area contributed by atoms with Crippen LogP contribution in [-0.4, -0.2) is 45.0 Å². The van der Waals surface area contributed by atoms with Gasteiger partial charge in [0.1, 0.15) is 5.69 Å². The minimum Gasteiger partial charge on any atom is -0.332 e. The highest BCUT2D eigenvalue weighted by molar-refractivity contribution is 8.00. The molecule has 4 rings (SSSR count). The number of aromatic nitrogens is 2. The van der Waals surface area contributed by atoms with Gasteiger partial charge in [-0.3, -0.25) is 9.78 Å². The van der Waals surface area contributed by atoms with Gasteiger partial charge in [-0.15, -0.1) is 11.3 Å². The molecule has 0 spiro atoms. The van der Waals surface area contributed by atoms with Gasteiger partial charge in [0.2, 0.25) is 5.91 Å². The number of fused-ring (bicyclic) bond motifs is 1. The van der Waals surface area contributed by atoms with Gasteiger partial charge < -0.3 is 16.0 Å². The molecule has 2 aromatic rings. The van der Waals surface area contributed by atoms with E-state index in [4.69, 9.17) is 0 Å². The van der Waals surface area contributed by atoms with Crippen molar-refractivity contribution >= 4 is 40.2 Å². The van der Waals surface area contributed by atoms with Crippen LogP contribution in [0.1, 0.15) is 25.7 Å². The summed E-state index contributed by atoms with van der Waals surface area (Å²) in [6.07, 6.45) is 5.03. The molecule has 3 amide bonds. The van der Waals surface area contributed by atoms with E-state index in [2.05, 4.69) is 25.9 Å². The Labute approximate surface area is 165 Å². The van der Waals surface area contributed by atoms with E-state index in [1.165, 1.54) is 11.3 Å². The molecule has 0 unspecified atom stereocenters. The minimum absolute atomic E-state index is 0.00953. The molecule has 0 aromatic carbocycles. The van der Waals surface area contributed by atoms with E-state index in [9.17, 15) is 9.59 Å². The normalized spacial score (nSPS) is 23.6. The quantitative estimate of drug-likeness (QED) is 0.488. The van der Waals surface area contributed by atoms with Gasteiger partial charge in [-0.05, 0) is 25.0 Å². The summed E-state index contributed by atoms with van der Waals surface area (Å²) < 4.78 is 0. The number of hydrogen-bond donors (Lipinski definition) is 3. The van der Waals surface area contributed by atoms with Crippen LogP contribution in [0.15, 0.2) is 29.8 Å². The molecule has 2 saturated heterocycles. The van der Waals surface area contributed by atoms with Crippen molar-refractivity contribution in [2.24, 2.45) is 0 Å². The summed E-state index contributed by atoms with van der Waals surface area (Å²) in [5.41, 5.74) is 1.58. The summed E-state index contributed by atoms with van der Waals surface area (Å²) in [5, 5.41) is 11.8. The van der Waals surface area contributed by atoms with Crippen LogP contribution in [0.5, 0.6) is 0 Å². The highest BCUT2D eigenvalue weighted by Crippen LogP contribution is 2.33. The summed E-state index contributed by atoms with van der Waals surface area (Å²) in [7, 11) is 0. The number of nitrogens with one attached hydrogen (secondary N) is 3. The number of urea groups is 1. The number of thioether (sulfide) groups is 1. The molecule has 7 nitrogen and oxygen atoms in total. The summed E-state index contributed by atoms with van der Waals surface area (Å²) in [6, 6.07) is 6.11. The third kappa shape index (κ3) is 4.41. The van der Waals surface area contributed by atoms with Crippen LogP contribution < -0.4 is 16.0 Å². The Balaban J connectivity index is 1.18. The summed E-state index contributed by atoms with van der Waals surface area (Å²) in [4.78, 5) is 32.2. The van der Waals surface area contributed by atoms with Gasteiger partial charge in [-0.2, -0.15) is 11.8 Å². The average Bonchev–Trinajstić information content (AvgIpc) is 3.36. The predicted molar refractivity (Wildman–Crippen MR) is 108 cm³/mol. The fourth-order valence-electron chi connectivity index (χ4n) is 3.42. The van der Waals surface area contributed by atoms with E-state index in [0.29, 0.717) is 16.8 Å². The maximum atomic E-state index is 12.1. The van der Waals surface area contributed by atoms with Gasteiger partial charge in [0, 0.05) is 29.0 Å². The van der Waals surface area contributed by atoms with Crippen LogP contribution in [-0.2, 0) is 4.79 Å². The van der Waals surface area contributed by atoms with E-state index in [1.54, 1.807) is 6.20 Å². The number of nitrogens with zero attached hydrogens (tertiary/aromatic N) is 2. The lowest BCUT2D eigenvalue weighted by Gasteiger charge is -2.16. The second-order valence-corrected chi connectivity index (χ2v) is 8.80. The molecule has 2 fully saturated rings. The van der Waals surface area contributed by atoms with Crippen LogP contribution >= 0.6 is 23.1 Å². The van der Waals surface area contributed by atoms with Crippen molar-refractivity contribution in [3.05, 3.63) is 29.8 Å². The number of rotatable bonds is 7. The van der Waals surface area contributed by atoms with Gasteiger partial charge in [0.05, 0.1) is 17.8 Å². The molecular weight excluding hydrogens is 382 g/mol. The number of carbonyl (C=O) groups is 2. The van der Waals surface area contributed by atoms with E-state index < -0.39 is 0 Å². The van der Waals surface area contributed by atoms with Crippen molar-refractivity contribution in [1.29, 1.82) is 0 Å². The van der Waals surface area contributed by atoms with Gasteiger partial charge in [-0.25, -0.2) is 9.78 Å². The second kappa shape index (κ2) is 8.26. The molecule has 27 heavy (non-hydrogen) atoms. The van der Waals surface area contributed by atoms with Crippen molar-refractivity contribution in [2.75, 3.05) is 11.1 Å². The Hall–Kier alpha value is -2.13. The predicted octanol–water partition coefficient (Wildman–Crippen LogP) is 2.87. The summed E-state index contributed by atoms with van der Waals surface area (Å²) in [5.74, 6) is 0.960. The first-order chi connectivity index (χ1) is 13.2. The Morgan fingerprint density at radius 2 is 2.19 bits per heavy atom. The molecular formula is C18H21N5O2S2. The standard InChI is InChI=1S/C18H21N5O2S2/c24-15(22-18-21-12(9-27-18)11-5-3-4-8-19-11)7-2-1-6-14-16-13(10-26-14)20-17(25)23-16/h3-5,8-9,13-14,16H,1-2,6-7,10H2,(H2,20,23,25)(H,21,22,24)/t13-,14-,16+/m0/s1. The Bertz CT molecular complexity index is 813. The maximum absolute atomic E-state index is 12.1. The molecule has 0 radical (unpaired) electrons. The van der Waals surface area contributed by atoms with Crippen LogP contribution in [0.25, 0.3) is 11.4 Å². The fraction of sp³-hybridized carbons (Fsp3) is 0.444. The molecule has 4 heterocycles. The Kier molecular flexibility index (Phi) is 5.58. The molecule has 3 N–H and O–H groups in total. The minimum atomic E-state index is -0.0526. The van der Waals surface area contributed by atoms with Gasteiger partial charge in [0.25, 0.3) is 0 Å². The first kappa shape index (κ1) is 18.2.